The van der Waals surface area contributed by atoms with E-state index in [9.17, 15) is 0 Å². The van der Waals surface area contributed by atoms with Crippen molar-refractivity contribution in [2.24, 2.45) is 0 Å². The van der Waals surface area contributed by atoms with Crippen molar-refractivity contribution < 1.29 is 31.3 Å². The van der Waals surface area contributed by atoms with Crippen molar-refractivity contribution in [3.63, 3.8) is 0 Å². The number of rotatable bonds is 7. The summed E-state index contributed by atoms with van der Waals surface area (Å²) in [5.41, 5.74) is 13.3. The van der Waals surface area contributed by atoms with Gasteiger partial charge in [0.1, 0.15) is 5.82 Å². The van der Waals surface area contributed by atoms with Gasteiger partial charge in [0, 0.05) is 72.5 Å². The Morgan fingerprint density at radius 3 is 1.96 bits per heavy atom. The Morgan fingerprint density at radius 2 is 1.24 bits per heavy atom. The Hall–Kier alpha value is -6.42. The van der Waals surface area contributed by atoms with E-state index in [0.29, 0.717) is 39.1 Å². The van der Waals surface area contributed by atoms with Crippen molar-refractivity contribution in [3.8, 4) is 39.6 Å². The molecule has 9 aromatic rings. The summed E-state index contributed by atoms with van der Waals surface area (Å²) < 4.78 is 43.8. The Kier molecular flexibility index (Phi) is 10.6. The number of para-hydroxylation sites is 3. The molecule has 6 heteroatoms. The van der Waals surface area contributed by atoms with Gasteiger partial charge in [0.2, 0.25) is 0 Å². The molecule has 67 heavy (non-hydrogen) atoms. The summed E-state index contributed by atoms with van der Waals surface area (Å²) in [7, 11) is 0. The van der Waals surface area contributed by atoms with Crippen molar-refractivity contribution in [3.05, 3.63) is 199 Å². The predicted octanol–water partition coefficient (Wildman–Crippen LogP) is 16.5. The van der Waals surface area contributed by atoms with Crippen molar-refractivity contribution in [1.29, 1.82) is 0 Å². The first kappa shape index (κ1) is 40.8. The minimum absolute atomic E-state index is 0. The minimum atomic E-state index is -0.310. The van der Waals surface area contributed by atoms with E-state index in [1.807, 2.05) is 31.2 Å². The summed E-state index contributed by atoms with van der Waals surface area (Å²) >= 11 is 0. The van der Waals surface area contributed by atoms with Crippen molar-refractivity contribution in [2.45, 2.75) is 85.5 Å². The quantitative estimate of drug-likeness (QED) is 0.149. The molecule has 0 radical (unpaired) electrons. The Bertz CT molecular complexity index is 3530. The number of benzene rings is 7. The van der Waals surface area contributed by atoms with E-state index in [1.54, 1.807) is 16.8 Å². The number of aromatic nitrogens is 2. The van der Waals surface area contributed by atoms with Gasteiger partial charge in [0.05, 0.1) is 5.48 Å². The summed E-state index contributed by atoms with van der Waals surface area (Å²) in [5, 5.41) is 1.02. The average molecular weight is 1060 g/mol. The van der Waals surface area contributed by atoms with Crippen LogP contribution < -0.4 is 14.5 Å². The molecule has 0 saturated heterocycles. The monoisotopic (exact) mass is 1060 g/mol. The van der Waals surface area contributed by atoms with Gasteiger partial charge >= 0.3 is 0 Å². The molecule has 0 N–H and O–H groups in total. The summed E-state index contributed by atoms with van der Waals surface area (Å²) in [4.78, 5) is 9.25. The van der Waals surface area contributed by atoms with E-state index in [-0.39, 0.29) is 61.5 Å². The molecule has 0 aliphatic carbocycles. The molecule has 340 valence electrons. The number of fused-ring (bicyclic) bond motifs is 4. The third-order valence-electron chi connectivity index (χ3n) is 12.7. The number of aryl methyl sites for hydroxylation is 1. The van der Waals surface area contributed by atoms with E-state index in [4.69, 9.17) is 15.2 Å². The van der Waals surface area contributed by atoms with Gasteiger partial charge in [0.15, 0.2) is 0 Å². The number of ether oxygens (including phenoxy) is 1. The smallest absolute Gasteiger partial charge is 0.135 e. The van der Waals surface area contributed by atoms with Crippen LogP contribution in [0.2, 0.25) is 0 Å². The van der Waals surface area contributed by atoms with Gasteiger partial charge in [-0.2, -0.15) is 12.1 Å². The van der Waals surface area contributed by atoms with E-state index >= 15 is 0 Å². The normalized spacial score (nSPS) is 13.8. The van der Waals surface area contributed by atoms with Gasteiger partial charge in [0.25, 0.3) is 0 Å². The molecular formula is C61H57N4OPt-3. The van der Waals surface area contributed by atoms with Crippen LogP contribution in [0.25, 0.3) is 49.9 Å². The van der Waals surface area contributed by atoms with Gasteiger partial charge in [-0.1, -0.05) is 160 Å². The molecule has 1 aliphatic rings. The molecule has 3 heterocycles. The second-order valence-corrected chi connectivity index (χ2v) is 20.5. The van der Waals surface area contributed by atoms with Crippen LogP contribution in [0.5, 0.6) is 11.5 Å². The van der Waals surface area contributed by atoms with Gasteiger partial charge in [-0.05, 0) is 91.9 Å². The van der Waals surface area contributed by atoms with Crippen LogP contribution in [-0.2, 0) is 37.3 Å². The molecule has 0 saturated carbocycles. The molecular weight excluding hydrogens is 1000 g/mol. The third-order valence-corrected chi connectivity index (χ3v) is 12.7. The van der Waals surface area contributed by atoms with Gasteiger partial charge < -0.3 is 19.1 Å². The fraction of sp³-hybridized carbons (Fsp3) is 0.213. The Balaban J connectivity index is 0.00000624. The van der Waals surface area contributed by atoms with Crippen molar-refractivity contribution in [2.75, 3.05) is 9.80 Å². The van der Waals surface area contributed by atoms with Crippen LogP contribution in [-0.4, -0.2) is 9.55 Å². The molecule has 0 unspecified atom stereocenters. The molecule has 0 atom stereocenters. The zero-order valence-electron chi connectivity index (χ0n) is 43.8. The zero-order valence-corrected chi connectivity index (χ0v) is 42.1. The average Bonchev–Trinajstić information content (AvgIpc) is 3.89. The molecule has 2 aromatic heterocycles. The van der Waals surface area contributed by atoms with E-state index in [2.05, 4.69) is 188 Å². The molecule has 1 aliphatic heterocycles. The molecule has 7 aromatic carbocycles. The van der Waals surface area contributed by atoms with Crippen molar-refractivity contribution in [1.82, 2.24) is 9.55 Å². The number of nitrogens with zero attached hydrogens (tertiary/aromatic N) is 4. The maximum Gasteiger partial charge on any atom is 0.135 e. The molecule has 0 fully saturated rings. The van der Waals surface area contributed by atoms with Crippen LogP contribution in [0.3, 0.4) is 0 Å². The summed E-state index contributed by atoms with van der Waals surface area (Å²) in [6.07, 6.45) is 1.74. The van der Waals surface area contributed by atoms with Crippen LogP contribution in [0.1, 0.15) is 90.1 Å². The van der Waals surface area contributed by atoms with Crippen LogP contribution in [0, 0.1) is 25.7 Å². The van der Waals surface area contributed by atoms with E-state index in [1.165, 1.54) is 11.1 Å². The Labute approximate surface area is 417 Å². The van der Waals surface area contributed by atoms with Crippen LogP contribution in [0.15, 0.2) is 158 Å². The topological polar surface area (TPSA) is 33.5 Å². The first-order valence-electron chi connectivity index (χ1n) is 24.7. The second-order valence-electron chi connectivity index (χ2n) is 20.5. The predicted molar refractivity (Wildman–Crippen MR) is 276 cm³/mol. The van der Waals surface area contributed by atoms with E-state index in [0.717, 1.165) is 56.1 Å². The summed E-state index contributed by atoms with van der Waals surface area (Å²) in [6.45, 7) is 24.2. The molecule has 0 bridgehead atoms. The number of pyridine rings is 1. The van der Waals surface area contributed by atoms with Gasteiger partial charge in [-0.25, -0.2) is 4.98 Å². The molecule has 10 rings (SSSR count). The molecule has 0 amide bonds. The fourth-order valence-corrected chi connectivity index (χ4v) is 8.83. The standard InChI is InChI=1S/C61H57N4O.Pt/c1-40-27-28-46(37-56(40)66-47-29-30-49-48-23-14-15-24-52(48)65(55(49)38-47)57-36-44(31-32-62-57)60(5,6)7)63-39-64(54-26-17-16-25-53(54)63)58-50(41-19-12-11-13-20-41)34-45(61(8,9)10)35-51(58)42-21-18-22-43(33-42)59(2,3)4;/h11-36,39H,1-10H3;/q-3;/i14D,15D,23D,24D;. The first-order valence-corrected chi connectivity index (χ1v) is 22.7. The second kappa shape index (κ2) is 17.3. The van der Waals surface area contributed by atoms with Gasteiger partial charge in [-0.15, -0.1) is 47.6 Å². The largest absolute Gasteiger partial charge is 0.509 e. The SMILES string of the molecule is [2H]c1c([2H])c([2H])c2c(c1[2H])c1ccc(Oc3[c-]c(N4[CH-]N(c5c(-c6ccccc6)cc(C(C)(C)C)cc5-c5cccc(C(C)(C)C)c5)c5ccccc54)ccc3C)[c-]c1n2-c1cc(C(C)(C)C)ccn1.[Pt]. The van der Waals surface area contributed by atoms with E-state index < -0.39 is 0 Å². The fourth-order valence-electron chi connectivity index (χ4n) is 8.83. The number of hydrogen-bond donors (Lipinski definition) is 0. The maximum atomic E-state index is 9.09. The Morgan fingerprint density at radius 1 is 0.597 bits per heavy atom. The number of hydrogen-bond acceptors (Lipinski definition) is 4. The first-order chi connectivity index (χ1) is 33.2. The summed E-state index contributed by atoms with van der Waals surface area (Å²) in [6, 6.07) is 50.8. The zero-order chi connectivity index (χ0) is 49.6. The molecule has 5 nitrogen and oxygen atoms in total. The summed E-state index contributed by atoms with van der Waals surface area (Å²) in [5.74, 6) is 1.43. The maximum absolute atomic E-state index is 9.09. The number of anilines is 4. The van der Waals surface area contributed by atoms with Crippen LogP contribution in [0.4, 0.5) is 22.7 Å². The minimum Gasteiger partial charge on any atom is -0.509 e. The molecule has 0 spiro atoms. The van der Waals surface area contributed by atoms with Crippen LogP contribution >= 0.6 is 0 Å². The third kappa shape index (κ3) is 8.60. The van der Waals surface area contributed by atoms with Crippen molar-refractivity contribution >= 4 is 44.6 Å². The van der Waals surface area contributed by atoms with Gasteiger partial charge in [-0.3, -0.25) is 0 Å².